The van der Waals surface area contributed by atoms with E-state index in [0.29, 0.717) is 12.8 Å². The molecule has 0 unspecified atom stereocenters. The summed E-state index contributed by atoms with van der Waals surface area (Å²) in [6.45, 7) is 0. The Balaban J connectivity index is 1.27. The standard InChI is InChI=1S/C26H23N3O4S/c30-24-23-16-20-19-13-7-8-14-22(19)29(32-33-34-18-11-5-2-6-12-18)25(20)28(23)26(31)21(27-24)15-17-9-3-1-4-10-17/h1-14,20-21,23,25H,15-16H2,(H,27,30)/t20-,21-,23+,25+/m1/s1. The summed E-state index contributed by atoms with van der Waals surface area (Å²) in [5, 5.41) is 4.60. The van der Waals surface area contributed by atoms with Crippen molar-refractivity contribution in [3.05, 3.63) is 96.1 Å². The summed E-state index contributed by atoms with van der Waals surface area (Å²) in [4.78, 5) is 35.1. The van der Waals surface area contributed by atoms with Crippen LogP contribution in [0.1, 0.15) is 23.5 Å². The average Bonchev–Trinajstić information content (AvgIpc) is 3.40. The number of hydroxylamine groups is 1. The first kappa shape index (κ1) is 21.2. The molecule has 34 heavy (non-hydrogen) atoms. The monoisotopic (exact) mass is 473 g/mol. The fraction of sp³-hybridized carbons (Fsp3) is 0.231. The highest BCUT2D eigenvalue weighted by Gasteiger charge is 2.58. The van der Waals surface area contributed by atoms with Crippen LogP contribution in [0.25, 0.3) is 0 Å². The van der Waals surface area contributed by atoms with Crippen molar-refractivity contribution in [2.24, 2.45) is 0 Å². The molecule has 4 atom stereocenters. The summed E-state index contributed by atoms with van der Waals surface area (Å²) in [7, 11) is 0. The maximum atomic E-state index is 13.7. The van der Waals surface area contributed by atoms with Crippen LogP contribution in [0.3, 0.4) is 0 Å². The van der Waals surface area contributed by atoms with Crippen LogP contribution in [0.2, 0.25) is 0 Å². The fourth-order valence-electron chi connectivity index (χ4n) is 5.22. The van der Waals surface area contributed by atoms with Gasteiger partial charge < -0.3 is 10.2 Å². The quantitative estimate of drug-likeness (QED) is 0.333. The second kappa shape index (κ2) is 8.79. The predicted octanol–water partition coefficient (Wildman–Crippen LogP) is 3.83. The van der Waals surface area contributed by atoms with Gasteiger partial charge >= 0.3 is 0 Å². The van der Waals surface area contributed by atoms with Crippen molar-refractivity contribution in [3.8, 4) is 0 Å². The van der Waals surface area contributed by atoms with Crippen LogP contribution < -0.4 is 10.4 Å². The summed E-state index contributed by atoms with van der Waals surface area (Å²) in [5.41, 5.74) is 2.90. The molecule has 3 aliphatic heterocycles. The van der Waals surface area contributed by atoms with Crippen LogP contribution in [0.5, 0.6) is 0 Å². The maximum Gasteiger partial charge on any atom is 0.247 e. The normalized spacial score (nSPS) is 25.1. The Morgan fingerprint density at radius 1 is 0.912 bits per heavy atom. The highest BCUT2D eigenvalue weighted by Crippen LogP contribution is 2.51. The third-order valence-electron chi connectivity index (χ3n) is 6.71. The number of anilines is 1. The predicted molar refractivity (Wildman–Crippen MR) is 127 cm³/mol. The maximum absolute atomic E-state index is 13.7. The molecular formula is C26H23N3O4S. The molecule has 3 aromatic carbocycles. The number of amides is 2. The van der Waals surface area contributed by atoms with Gasteiger partial charge in [-0.05, 0) is 35.7 Å². The van der Waals surface area contributed by atoms with E-state index in [-0.39, 0.29) is 17.7 Å². The molecule has 3 heterocycles. The van der Waals surface area contributed by atoms with Crippen molar-refractivity contribution in [2.45, 2.75) is 41.9 Å². The first-order valence-electron chi connectivity index (χ1n) is 11.3. The molecule has 2 saturated heterocycles. The molecule has 0 radical (unpaired) electrons. The highest BCUT2D eigenvalue weighted by molar-refractivity contribution is 7.94. The van der Waals surface area contributed by atoms with Crippen LogP contribution in [-0.4, -0.2) is 35.0 Å². The van der Waals surface area contributed by atoms with Gasteiger partial charge in [-0.25, -0.2) is 0 Å². The number of piperazine rings is 1. The molecule has 7 nitrogen and oxygen atoms in total. The number of nitrogens with one attached hydrogen (secondary N) is 1. The Bertz CT molecular complexity index is 1210. The van der Waals surface area contributed by atoms with E-state index in [4.69, 9.17) is 9.32 Å². The van der Waals surface area contributed by atoms with E-state index in [1.165, 1.54) is 0 Å². The van der Waals surface area contributed by atoms with Gasteiger partial charge in [0.2, 0.25) is 11.8 Å². The molecule has 3 aliphatic rings. The summed E-state index contributed by atoms with van der Waals surface area (Å²) in [6, 6.07) is 26.1. The first-order valence-corrected chi connectivity index (χ1v) is 12.1. The third-order valence-corrected chi connectivity index (χ3v) is 7.30. The summed E-state index contributed by atoms with van der Waals surface area (Å²) in [5.74, 6) is -0.262. The van der Waals surface area contributed by atoms with Crippen molar-refractivity contribution in [1.82, 2.24) is 10.2 Å². The van der Waals surface area contributed by atoms with Gasteiger partial charge in [0.1, 0.15) is 18.2 Å². The second-order valence-corrected chi connectivity index (χ2v) is 9.47. The molecule has 8 heteroatoms. The second-order valence-electron chi connectivity index (χ2n) is 8.69. The zero-order valence-corrected chi connectivity index (χ0v) is 19.1. The minimum absolute atomic E-state index is 0.0447. The number of carbonyl (C=O) groups is 2. The van der Waals surface area contributed by atoms with Crippen LogP contribution in [0.4, 0.5) is 5.69 Å². The van der Waals surface area contributed by atoms with Crippen LogP contribution >= 0.6 is 12.0 Å². The van der Waals surface area contributed by atoms with E-state index < -0.39 is 18.2 Å². The number of carbonyl (C=O) groups excluding carboxylic acids is 2. The molecular weight excluding hydrogens is 450 g/mol. The van der Waals surface area contributed by atoms with Crippen molar-refractivity contribution in [3.63, 3.8) is 0 Å². The molecule has 172 valence electrons. The van der Waals surface area contributed by atoms with E-state index in [0.717, 1.165) is 33.8 Å². The van der Waals surface area contributed by atoms with Crippen LogP contribution in [0, 0.1) is 0 Å². The molecule has 2 fully saturated rings. The number of hydrogen-bond acceptors (Lipinski definition) is 6. The van der Waals surface area contributed by atoms with Gasteiger partial charge in [0.15, 0.2) is 0 Å². The smallest absolute Gasteiger partial charge is 0.247 e. The Morgan fingerprint density at radius 2 is 1.62 bits per heavy atom. The molecule has 6 rings (SSSR count). The van der Waals surface area contributed by atoms with E-state index in [2.05, 4.69) is 5.32 Å². The van der Waals surface area contributed by atoms with Gasteiger partial charge in [0, 0.05) is 17.2 Å². The van der Waals surface area contributed by atoms with Gasteiger partial charge in [-0.1, -0.05) is 71.7 Å². The zero-order valence-electron chi connectivity index (χ0n) is 18.2. The molecule has 0 spiro atoms. The van der Waals surface area contributed by atoms with Crippen LogP contribution in [0.15, 0.2) is 89.8 Å². The van der Waals surface area contributed by atoms with Gasteiger partial charge in [0.25, 0.3) is 0 Å². The molecule has 2 amide bonds. The van der Waals surface area contributed by atoms with E-state index in [9.17, 15) is 9.59 Å². The van der Waals surface area contributed by atoms with Crippen molar-refractivity contribution < 1.29 is 18.9 Å². The van der Waals surface area contributed by atoms with E-state index in [1.54, 1.807) is 9.96 Å². The first-order chi connectivity index (χ1) is 16.7. The lowest BCUT2D eigenvalue weighted by Gasteiger charge is -2.40. The topological polar surface area (TPSA) is 71.1 Å². The lowest BCUT2D eigenvalue weighted by atomic mass is 9.96. The Hall–Kier alpha value is -3.33. The third kappa shape index (κ3) is 3.64. The van der Waals surface area contributed by atoms with Gasteiger partial charge in [-0.3, -0.25) is 9.59 Å². The van der Waals surface area contributed by atoms with Gasteiger partial charge in [-0.15, -0.1) is 4.33 Å². The number of benzene rings is 3. The number of rotatable bonds is 6. The minimum Gasteiger partial charge on any atom is -0.342 e. The molecule has 1 N–H and O–H groups in total. The molecule has 3 aromatic rings. The average molecular weight is 474 g/mol. The van der Waals surface area contributed by atoms with Crippen molar-refractivity contribution >= 4 is 29.5 Å². The van der Waals surface area contributed by atoms with E-state index in [1.807, 2.05) is 84.9 Å². The Labute approximate surface area is 201 Å². The van der Waals surface area contributed by atoms with Crippen molar-refractivity contribution in [1.29, 1.82) is 0 Å². The summed E-state index contributed by atoms with van der Waals surface area (Å²) >= 11 is 1.10. The Kier molecular flexibility index (Phi) is 5.49. The van der Waals surface area contributed by atoms with Gasteiger partial charge in [-0.2, -0.15) is 5.06 Å². The molecule has 0 aromatic heterocycles. The van der Waals surface area contributed by atoms with Crippen molar-refractivity contribution in [2.75, 3.05) is 5.06 Å². The van der Waals surface area contributed by atoms with Crippen LogP contribution in [-0.2, 0) is 25.3 Å². The lowest BCUT2D eigenvalue weighted by molar-refractivity contribution is -0.218. The summed E-state index contributed by atoms with van der Waals surface area (Å²) in [6.07, 6.45) is 0.541. The zero-order chi connectivity index (χ0) is 23.1. The minimum atomic E-state index is -0.616. The molecule has 0 saturated carbocycles. The molecule has 0 aliphatic carbocycles. The number of para-hydroxylation sites is 1. The SMILES string of the molecule is O=C1N[C@H](Cc2ccccc2)C(=O)N2[C@@H]3[C@H](C[C@@H]12)c1ccccc1N3OOSc1ccccc1. The summed E-state index contributed by atoms with van der Waals surface area (Å²) < 4.78 is 5.54. The fourth-order valence-corrected chi connectivity index (χ4v) is 5.67. The lowest BCUT2D eigenvalue weighted by Crippen LogP contribution is -2.65. The number of nitrogens with zero attached hydrogens (tertiary/aromatic N) is 2. The number of hydrogen-bond donors (Lipinski definition) is 1. The van der Waals surface area contributed by atoms with E-state index >= 15 is 0 Å². The van der Waals surface area contributed by atoms with Gasteiger partial charge in [0.05, 0.1) is 17.7 Å². The largest absolute Gasteiger partial charge is 0.342 e. The highest BCUT2D eigenvalue weighted by atomic mass is 32.2. The molecule has 0 bridgehead atoms. The number of fused-ring (bicyclic) bond motifs is 5. The Morgan fingerprint density at radius 3 is 2.41 bits per heavy atom.